The summed E-state index contributed by atoms with van der Waals surface area (Å²) in [6.45, 7) is 0. The Morgan fingerprint density at radius 3 is 1.20 bits per heavy atom. The highest BCUT2D eigenvalue weighted by Crippen LogP contribution is 2.54. The molecule has 0 radical (unpaired) electrons. The Morgan fingerprint density at radius 1 is 0.316 bits per heavy atom. The fraction of sp³-hybridized carbons (Fsp3) is 0. The average Bonchev–Trinajstić information content (AvgIpc) is 3.49. The van der Waals surface area contributed by atoms with Crippen LogP contribution in [0, 0.1) is 22.7 Å². The molecule has 0 amide bonds. The zero-order valence-electron chi connectivity index (χ0n) is 41.0. The number of rotatable bonds is 8. The molecule has 0 spiro atoms. The minimum atomic E-state index is 0.329. The second kappa shape index (κ2) is 19.4. The van der Waals surface area contributed by atoms with E-state index < -0.39 is 0 Å². The van der Waals surface area contributed by atoms with Gasteiger partial charge in [0, 0.05) is 27.8 Å². The molecule has 1 aromatic heterocycles. The van der Waals surface area contributed by atoms with Crippen molar-refractivity contribution in [3.05, 3.63) is 293 Å². The van der Waals surface area contributed by atoms with Crippen LogP contribution in [0.4, 0.5) is 34.1 Å². The molecule has 76 heavy (non-hydrogen) atoms. The largest absolute Gasteiger partial charge is 0.308 e. The van der Waals surface area contributed by atoms with E-state index in [1.807, 2.05) is 78.9 Å². The van der Waals surface area contributed by atoms with Crippen molar-refractivity contribution in [3.8, 4) is 57.4 Å². The molecule has 3 heterocycles. The van der Waals surface area contributed by atoms with Gasteiger partial charge >= 0.3 is 0 Å². The molecule has 0 atom stereocenters. The Balaban J connectivity index is 1.09. The van der Waals surface area contributed by atoms with Gasteiger partial charge in [0.05, 0.1) is 68.5 Å². The van der Waals surface area contributed by atoms with Gasteiger partial charge in [0.15, 0.2) is 17.5 Å². The molecule has 2 aliphatic heterocycles. The summed E-state index contributed by atoms with van der Waals surface area (Å²) >= 11 is 0. The molecule has 7 heteroatoms. The first-order chi connectivity index (χ1) is 37.6. The third-order valence-corrected chi connectivity index (χ3v) is 14.1. The van der Waals surface area contributed by atoms with Gasteiger partial charge < -0.3 is 9.80 Å². The van der Waals surface area contributed by atoms with Gasteiger partial charge in [-0.05, 0) is 100 Å². The summed E-state index contributed by atoms with van der Waals surface area (Å²) in [6, 6.07) is 89.2. The Kier molecular flexibility index (Phi) is 11.5. The Hall–Kier alpha value is -10.7. The molecule has 10 aromatic carbocycles. The van der Waals surface area contributed by atoms with Crippen molar-refractivity contribution in [1.82, 2.24) is 15.0 Å². The first-order valence-electron chi connectivity index (χ1n) is 25.1. The summed E-state index contributed by atoms with van der Waals surface area (Å²) in [6.07, 6.45) is 4.50. The highest BCUT2D eigenvalue weighted by atomic mass is 15.2. The van der Waals surface area contributed by atoms with E-state index in [0.29, 0.717) is 34.2 Å². The van der Waals surface area contributed by atoms with Gasteiger partial charge in [-0.2, -0.15) is 10.5 Å². The van der Waals surface area contributed by atoms with E-state index in [1.165, 1.54) is 0 Å². The second-order valence-corrected chi connectivity index (χ2v) is 18.6. The molecule has 0 unspecified atom stereocenters. The van der Waals surface area contributed by atoms with Gasteiger partial charge in [-0.25, -0.2) is 15.0 Å². The Morgan fingerprint density at radius 2 is 0.697 bits per heavy atom. The van der Waals surface area contributed by atoms with E-state index in [0.717, 1.165) is 101 Å². The highest BCUT2D eigenvalue weighted by Gasteiger charge is 2.33. The van der Waals surface area contributed by atoms with Crippen LogP contribution in [0.5, 0.6) is 0 Å². The normalized spacial score (nSPS) is 12.1. The standard InChI is InChI=1S/C69H43N7/c70-44-48-25-18-28-50(41-48)52-34-20-40-64(76-61-37-16-12-32-55(61)58(43-47-23-6-2-7-24-47)56-33-13-17-38-62(56)76)66(52)69-73-67(49-26-8-3-9-27-49)72-68(74-69)65-51(45-71)29-19-39-63(65)75-59-35-14-10-30-53(59)57(42-46-21-4-1-5-22-46)54-31-11-15-36-60(54)75/h1-43H. The third-order valence-electron chi connectivity index (χ3n) is 14.1. The van der Waals surface area contributed by atoms with E-state index in [9.17, 15) is 10.5 Å². The lowest BCUT2D eigenvalue weighted by Gasteiger charge is -2.36. The summed E-state index contributed by atoms with van der Waals surface area (Å²) in [4.78, 5) is 21.0. The van der Waals surface area contributed by atoms with Crippen LogP contribution in [0.1, 0.15) is 44.5 Å². The number of anilines is 6. The van der Waals surface area contributed by atoms with E-state index >= 15 is 0 Å². The Bertz CT molecular complexity index is 4110. The molecule has 2 aliphatic rings. The number of para-hydroxylation sites is 4. The van der Waals surface area contributed by atoms with Gasteiger partial charge in [-0.3, -0.25) is 0 Å². The molecular formula is C69H43N7. The molecule has 0 saturated heterocycles. The van der Waals surface area contributed by atoms with Crippen molar-refractivity contribution < 1.29 is 0 Å². The first kappa shape index (κ1) is 45.2. The molecule has 7 nitrogen and oxygen atoms in total. The maximum absolute atomic E-state index is 11.2. The van der Waals surface area contributed by atoms with Gasteiger partial charge in [-0.1, -0.05) is 194 Å². The quantitative estimate of drug-likeness (QED) is 0.150. The van der Waals surface area contributed by atoms with Crippen LogP contribution in [0.2, 0.25) is 0 Å². The lowest BCUT2D eigenvalue weighted by atomic mass is 9.87. The van der Waals surface area contributed by atoms with Crippen LogP contribution in [0.25, 0.3) is 68.6 Å². The molecule has 0 N–H and O–H groups in total. The number of hydrogen-bond donors (Lipinski definition) is 0. The smallest absolute Gasteiger partial charge is 0.167 e. The third kappa shape index (κ3) is 7.99. The highest BCUT2D eigenvalue weighted by molar-refractivity contribution is 6.09. The van der Waals surface area contributed by atoms with Crippen LogP contribution in [-0.4, -0.2) is 15.0 Å². The SMILES string of the molecule is N#Cc1cccc(-c2cccc(N3c4ccccc4C(=Cc4ccccc4)c4ccccc43)c2-c2nc(-c3ccccc3)nc(-c3c(C#N)cccc3N3c4ccccc4C(=Cc4ccccc4)c4ccccc43)n2)c1. The Labute approximate surface area is 441 Å². The summed E-state index contributed by atoms with van der Waals surface area (Å²) in [7, 11) is 0. The zero-order chi connectivity index (χ0) is 51.0. The van der Waals surface area contributed by atoms with Crippen molar-refractivity contribution >= 4 is 57.4 Å². The van der Waals surface area contributed by atoms with Crippen molar-refractivity contribution in [2.75, 3.05) is 9.80 Å². The fourth-order valence-electron chi connectivity index (χ4n) is 10.7. The lowest BCUT2D eigenvalue weighted by Crippen LogP contribution is -2.20. The molecule has 354 valence electrons. The maximum atomic E-state index is 11.2. The number of benzene rings is 10. The fourth-order valence-corrected chi connectivity index (χ4v) is 10.7. The van der Waals surface area contributed by atoms with Gasteiger partial charge in [-0.15, -0.1) is 0 Å². The van der Waals surface area contributed by atoms with E-state index in [-0.39, 0.29) is 0 Å². The molecule has 0 fully saturated rings. The number of nitrogens with zero attached hydrogens (tertiary/aromatic N) is 7. The molecule has 13 rings (SSSR count). The van der Waals surface area contributed by atoms with E-state index in [1.54, 1.807) is 0 Å². The van der Waals surface area contributed by atoms with Crippen LogP contribution < -0.4 is 9.80 Å². The molecular weight excluding hydrogens is 927 g/mol. The number of hydrogen-bond acceptors (Lipinski definition) is 7. The maximum Gasteiger partial charge on any atom is 0.167 e. The van der Waals surface area contributed by atoms with Crippen LogP contribution in [0.3, 0.4) is 0 Å². The summed E-state index contributed by atoms with van der Waals surface area (Å²) < 4.78 is 0. The van der Waals surface area contributed by atoms with Crippen molar-refractivity contribution in [2.45, 2.75) is 0 Å². The van der Waals surface area contributed by atoms with Crippen molar-refractivity contribution in [3.63, 3.8) is 0 Å². The van der Waals surface area contributed by atoms with Gasteiger partial charge in [0.25, 0.3) is 0 Å². The number of fused-ring (bicyclic) bond motifs is 4. The lowest BCUT2D eigenvalue weighted by molar-refractivity contribution is 1.07. The minimum absolute atomic E-state index is 0.329. The first-order valence-corrected chi connectivity index (χ1v) is 25.1. The summed E-state index contributed by atoms with van der Waals surface area (Å²) in [5, 5.41) is 21.5. The van der Waals surface area contributed by atoms with Crippen molar-refractivity contribution in [1.29, 1.82) is 10.5 Å². The molecule has 0 saturated carbocycles. The van der Waals surface area contributed by atoms with Crippen LogP contribution >= 0.6 is 0 Å². The molecule has 0 bridgehead atoms. The second-order valence-electron chi connectivity index (χ2n) is 18.6. The summed E-state index contributed by atoms with van der Waals surface area (Å²) in [5.41, 5.74) is 18.6. The van der Waals surface area contributed by atoms with Gasteiger partial charge in [0.2, 0.25) is 0 Å². The summed E-state index contributed by atoms with van der Waals surface area (Å²) in [5.74, 6) is 1.16. The van der Waals surface area contributed by atoms with E-state index in [2.05, 4.69) is 204 Å². The average molecular weight is 970 g/mol. The number of nitriles is 2. The number of aromatic nitrogens is 3. The van der Waals surface area contributed by atoms with Crippen LogP contribution in [-0.2, 0) is 0 Å². The predicted octanol–water partition coefficient (Wildman–Crippen LogP) is 17.0. The topological polar surface area (TPSA) is 92.7 Å². The zero-order valence-corrected chi connectivity index (χ0v) is 41.0. The monoisotopic (exact) mass is 969 g/mol. The van der Waals surface area contributed by atoms with E-state index in [4.69, 9.17) is 15.0 Å². The van der Waals surface area contributed by atoms with Crippen LogP contribution in [0.15, 0.2) is 249 Å². The predicted molar refractivity (Wildman–Crippen MR) is 307 cm³/mol. The van der Waals surface area contributed by atoms with Gasteiger partial charge in [0.1, 0.15) is 0 Å². The molecule has 0 aliphatic carbocycles. The van der Waals surface area contributed by atoms with Crippen molar-refractivity contribution in [2.24, 2.45) is 0 Å². The molecule has 11 aromatic rings. The minimum Gasteiger partial charge on any atom is -0.308 e.